The number of nitrogens with one attached hydrogen (secondary N) is 1. The second-order valence-corrected chi connectivity index (χ2v) is 6.36. The Kier molecular flexibility index (Phi) is 4.79. The first-order valence-corrected chi connectivity index (χ1v) is 7.53. The van der Waals surface area contributed by atoms with E-state index in [9.17, 15) is 4.39 Å². The minimum atomic E-state index is -0.170. The number of hydrogen-bond acceptors (Lipinski definition) is 1. The van der Waals surface area contributed by atoms with E-state index in [0.717, 1.165) is 17.4 Å². The molecule has 1 aromatic rings. The van der Waals surface area contributed by atoms with Crippen molar-refractivity contribution in [2.24, 2.45) is 5.41 Å². The van der Waals surface area contributed by atoms with Crippen molar-refractivity contribution in [2.45, 2.75) is 38.5 Å². The van der Waals surface area contributed by atoms with Gasteiger partial charge in [-0.2, -0.15) is 0 Å². The van der Waals surface area contributed by atoms with Crippen molar-refractivity contribution in [1.82, 2.24) is 5.32 Å². The van der Waals surface area contributed by atoms with E-state index < -0.39 is 0 Å². The molecule has 2 rings (SSSR count). The average molecular weight is 314 g/mol. The maximum absolute atomic E-state index is 13.1. The van der Waals surface area contributed by atoms with E-state index in [2.05, 4.69) is 21.2 Å². The van der Waals surface area contributed by atoms with Crippen molar-refractivity contribution < 1.29 is 4.39 Å². The van der Waals surface area contributed by atoms with Crippen molar-refractivity contribution in [1.29, 1.82) is 0 Å². The summed E-state index contributed by atoms with van der Waals surface area (Å²) in [6.07, 6.45) is 7.58. The summed E-state index contributed by atoms with van der Waals surface area (Å²) in [6, 6.07) is 5.06. The molecule has 3 heteroatoms. The minimum Gasteiger partial charge on any atom is -0.319 e. The van der Waals surface area contributed by atoms with Crippen molar-refractivity contribution in [3.05, 3.63) is 34.1 Å². The maximum atomic E-state index is 13.1. The molecule has 0 unspecified atom stereocenters. The van der Waals surface area contributed by atoms with Gasteiger partial charge in [-0.1, -0.05) is 41.3 Å². The molecule has 0 bridgehead atoms. The van der Waals surface area contributed by atoms with E-state index in [1.165, 1.54) is 37.7 Å². The van der Waals surface area contributed by atoms with Crippen molar-refractivity contribution in [3.8, 4) is 0 Å². The van der Waals surface area contributed by atoms with E-state index in [4.69, 9.17) is 0 Å². The molecule has 0 aliphatic heterocycles. The fraction of sp³-hybridized carbons (Fsp3) is 0.600. The summed E-state index contributed by atoms with van der Waals surface area (Å²) in [5.41, 5.74) is 1.58. The minimum absolute atomic E-state index is 0.170. The Hall–Kier alpha value is -0.410. The molecule has 0 spiro atoms. The van der Waals surface area contributed by atoms with Gasteiger partial charge in [0.05, 0.1) is 0 Å². The summed E-state index contributed by atoms with van der Waals surface area (Å²) in [5.74, 6) is -0.170. The normalized spacial score (nSPS) is 18.8. The van der Waals surface area contributed by atoms with Crippen LogP contribution in [0.2, 0.25) is 0 Å². The van der Waals surface area contributed by atoms with Gasteiger partial charge in [0.15, 0.2) is 0 Å². The topological polar surface area (TPSA) is 12.0 Å². The summed E-state index contributed by atoms with van der Waals surface area (Å²) in [6.45, 7) is 1.05. The molecule has 0 saturated heterocycles. The Bertz CT molecular complexity index is 394. The number of halogens is 2. The second kappa shape index (κ2) is 6.16. The average Bonchev–Trinajstić information content (AvgIpc) is 2.34. The summed E-state index contributed by atoms with van der Waals surface area (Å²) in [4.78, 5) is 0. The highest BCUT2D eigenvalue weighted by atomic mass is 79.9. The lowest BCUT2D eigenvalue weighted by Gasteiger charge is -2.37. The molecular weight excluding hydrogens is 293 g/mol. The summed E-state index contributed by atoms with van der Waals surface area (Å²) in [7, 11) is 2.02. The predicted molar refractivity (Wildman–Crippen MR) is 77.2 cm³/mol. The van der Waals surface area contributed by atoms with Crippen LogP contribution in [-0.4, -0.2) is 13.6 Å². The zero-order valence-corrected chi connectivity index (χ0v) is 12.5. The quantitative estimate of drug-likeness (QED) is 0.874. The molecule has 0 amide bonds. The number of hydrogen-bond donors (Lipinski definition) is 1. The lowest BCUT2D eigenvalue weighted by atomic mass is 9.70. The molecule has 100 valence electrons. The van der Waals surface area contributed by atoms with Gasteiger partial charge in [0.25, 0.3) is 0 Å². The molecular formula is C15H21BrFN. The molecule has 1 aliphatic rings. The van der Waals surface area contributed by atoms with Crippen LogP contribution in [0.15, 0.2) is 22.7 Å². The highest BCUT2D eigenvalue weighted by Gasteiger charge is 2.32. The zero-order chi connectivity index (χ0) is 13.0. The SMILES string of the molecule is CNCC1(Cc2ccc(F)cc2Br)CCCCC1. The first-order valence-electron chi connectivity index (χ1n) is 6.74. The lowest BCUT2D eigenvalue weighted by Crippen LogP contribution is -2.36. The van der Waals surface area contributed by atoms with Crippen LogP contribution < -0.4 is 5.32 Å². The van der Waals surface area contributed by atoms with E-state index in [0.29, 0.717) is 5.41 Å². The van der Waals surface area contributed by atoms with Gasteiger partial charge in [-0.25, -0.2) is 4.39 Å². The monoisotopic (exact) mass is 313 g/mol. The highest BCUT2D eigenvalue weighted by Crippen LogP contribution is 2.40. The molecule has 1 nitrogen and oxygen atoms in total. The van der Waals surface area contributed by atoms with Crippen LogP contribution in [0.5, 0.6) is 0 Å². The highest BCUT2D eigenvalue weighted by molar-refractivity contribution is 9.10. The third-order valence-electron chi connectivity index (χ3n) is 4.05. The molecule has 1 aliphatic carbocycles. The van der Waals surface area contributed by atoms with Crippen molar-refractivity contribution in [3.63, 3.8) is 0 Å². The van der Waals surface area contributed by atoms with E-state index in [-0.39, 0.29) is 5.82 Å². The van der Waals surface area contributed by atoms with Crippen LogP contribution in [-0.2, 0) is 6.42 Å². The standard InChI is InChI=1S/C15H21BrFN/c1-18-11-15(7-3-2-4-8-15)10-12-5-6-13(17)9-14(12)16/h5-6,9,18H,2-4,7-8,10-11H2,1H3. The Morgan fingerprint density at radius 1 is 1.28 bits per heavy atom. The predicted octanol–water partition coefficient (Wildman–Crippen LogP) is 4.30. The Morgan fingerprint density at radius 3 is 2.61 bits per heavy atom. The van der Waals surface area contributed by atoms with Crippen LogP contribution in [0.25, 0.3) is 0 Å². The molecule has 0 radical (unpaired) electrons. The van der Waals surface area contributed by atoms with Gasteiger partial charge < -0.3 is 5.32 Å². The largest absolute Gasteiger partial charge is 0.319 e. The first kappa shape index (κ1) is 14.0. The molecule has 18 heavy (non-hydrogen) atoms. The molecule has 0 aromatic heterocycles. The first-order chi connectivity index (χ1) is 8.65. The van der Waals surface area contributed by atoms with Crippen molar-refractivity contribution in [2.75, 3.05) is 13.6 Å². The van der Waals surface area contributed by atoms with Crippen LogP contribution in [0, 0.1) is 11.2 Å². The molecule has 1 aromatic carbocycles. The number of benzene rings is 1. The van der Waals surface area contributed by atoms with Gasteiger partial charge in [0.1, 0.15) is 5.82 Å². The van der Waals surface area contributed by atoms with Crippen LogP contribution >= 0.6 is 15.9 Å². The van der Waals surface area contributed by atoms with Gasteiger partial charge in [0.2, 0.25) is 0 Å². The van der Waals surface area contributed by atoms with Gasteiger partial charge in [-0.3, -0.25) is 0 Å². The van der Waals surface area contributed by atoms with Gasteiger partial charge in [0, 0.05) is 11.0 Å². The summed E-state index contributed by atoms with van der Waals surface area (Å²) >= 11 is 3.49. The lowest BCUT2D eigenvalue weighted by molar-refractivity contribution is 0.184. The fourth-order valence-corrected chi connectivity index (χ4v) is 3.65. The smallest absolute Gasteiger partial charge is 0.124 e. The third kappa shape index (κ3) is 3.33. The molecule has 0 heterocycles. The summed E-state index contributed by atoms with van der Waals surface area (Å²) < 4.78 is 14.0. The van der Waals surface area contributed by atoms with Crippen LogP contribution in [0.1, 0.15) is 37.7 Å². The van der Waals surface area contributed by atoms with Crippen LogP contribution in [0.3, 0.4) is 0 Å². The third-order valence-corrected chi connectivity index (χ3v) is 4.78. The summed E-state index contributed by atoms with van der Waals surface area (Å²) in [5, 5.41) is 3.34. The van der Waals surface area contributed by atoms with Gasteiger partial charge in [-0.15, -0.1) is 0 Å². The Morgan fingerprint density at radius 2 is 2.00 bits per heavy atom. The molecule has 1 N–H and O–H groups in total. The van der Waals surface area contributed by atoms with Crippen LogP contribution in [0.4, 0.5) is 4.39 Å². The molecule has 1 saturated carbocycles. The van der Waals surface area contributed by atoms with Crippen molar-refractivity contribution >= 4 is 15.9 Å². The Balaban J connectivity index is 2.17. The number of rotatable bonds is 4. The van der Waals surface area contributed by atoms with Gasteiger partial charge >= 0.3 is 0 Å². The Labute approximate surface area is 117 Å². The second-order valence-electron chi connectivity index (χ2n) is 5.50. The van der Waals surface area contributed by atoms with E-state index >= 15 is 0 Å². The zero-order valence-electron chi connectivity index (χ0n) is 10.9. The maximum Gasteiger partial charge on any atom is 0.124 e. The molecule has 1 fully saturated rings. The van der Waals surface area contributed by atoms with E-state index in [1.54, 1.807) is 12.1 Å². The molecule has 0 atom stereocenters. The fourth-order valence-electron chi connectivity index (χ4n) is 3.16. The van der Waals surface area contributed by atoms with E-state index in [1.807, 2.05) is 13.1 Å². The van der Waals surface area contributed by atoms with Gasteiger partial charge in [-0.05, 0) is 49.4 Å².